The van der Waals surface area contributed by atoms with Gasteiger partial charge in [0.2, 0.25) is 0 Å². The molecule has 1 saturated heterocycles. The van der Waals surface area contributed by atoms with E-state index in [1.807, 2.05) is 60.5 Å². The fourth-order valence-electron chi connectivity index (χ4n) is 3.76. The van der Waals surface area contributed by atoms with Gasteiger partial charge in [-0.05, 0) is 54.1 Å². The molecule has 3 aromatic rings. The molecule has 30 heavy (non-hydrogen) atoms. The Hall–Kier alpha value is -2.60. The Morgan fingerprint density at radius 2 is 1.70 bits per heavy atom. The van der Waals surface area contributed by atoms with Gasteiger partial charge in [0.1, 0.15) is 5.54 Å². The average Bonchev–Trinajstić information content (AvgIpc) is 2.94. The summed E-state index contributed by atoms with van der Waals surface area (Å²) in [6.07, 6.45) is 0. The molecule has 1 aliphatic rings. The standard InChI is InChI=1S/C23H21Cl2N3O2/c1-23(18-9-8-16-5-3-4-6-17(16)12-18)21(29)28(22(30)26-23)14-27(2)13-15-7-10-19(24)20(25)11-15/h3-12H,13-14H2,1-2H3,(H,26,30)/t23-/m0/s1. The van der Waals surface area contributed by atoms with Crippen LogP contribution in [0.25, 0.3) is 10.8 Å². The predicted octanol–water partition coefficient (Wildman–Crippen LogP) is 5.00. The van der Waals surface area contributed by atoms with Crippen molar-refractivity contribution in [2.24, 2.45) is 0 Å². The molecule has 3 aromatic carbocycles. The summed E-state index contributed by atoms with van der Waals surface area (Å²) < 4.78 is 0. The van der Waals surface area contributed by atoms with Gasteiger partial charge in [0.15, 0.2) is 0 Å². The van der Waals surface area contributed by atoms with Gasteiger partial charge in [-0.3, -0.25) is 9.69 Å². The van der Waals surface area contributed by atoms with Crippen LogP contribution in [0.5, 0.6) is 0 Å². The fraction of sp³-hybridized carbons (Fsp3) is 0.217. The Bertz CT molecular complexity index is 1150. The number of imide groups is 1. The fourth-order valence-corrected chi connectivity index (χ4v) is 4.08. The maximum Gasteiger partial charge on any atom is 0.326 e. The molecule has 1 heterocycles. The Labute approximate surface area is 185 Å². The highest BCUT2D eigenvalue weighted by molar-refractivity contribution is 6.42. The molecule has 1 atom stereocenters. The Balaban J connectivity index is 1.53. The summed E-state index contributed by atoms with van der Waals surface area (Å²) in [6.45, 7) is 2.42. The quantitative estimate of drug-likeness (QED) is 0.566. The van der Waals surface area contributed by atoms with Crippen molar-refractivity contribution in [3.63, 3.8) is 0 Å². The molecule has 7 heteroatoms. The summed E-state index contributed by atoms with van der Waals surface area (Å²) in [4.78, 5) is 29.0. The minimum absolute atomic E-state index is 0.161. The molecule has 0 radical (unpaired) electrons. The van der Waals surface area contributed by atoms with Gasteiger partial charge in [-0.1, -0.05) is 65.7 Å². The predicted molar refractivity (Wildman–Crippen MR) is 119 cm³/mol. The smallest absolute Gasteiger partial charge is 0.319 e. The van der Waals surface area contributed by atoms with E-state index in [0.717, 1.165) is 21.9 Å². The van der Waals surface area contributed by atoms with E-state index in [1.165, 1.54) is 4.90 Å². The molecule has 0 aromatic heterocycles. The normalized spacial score (nSPS) is 19.0. The van der Waals surface area contributed by atoms with Crippen LogP contribution in [0, 0.1) is 0 Å². The number of hydrogen-bond donors (Lipinski definition) is 1. The first-order valence-electron chi connectivity index (χ1n) is 9.54. The van der Waals surface area contributed by atoms with Gasteiger partial charge in [0.05, 0.1) is 16.7 Å². The molecule has 1 fully saturated rings. The van der Waals surface area contributed by atoms with Crippen LogP contribution in [0.2, 0.25) is 10.0 Å². The van der Waals surface area contributed by atoms with E-state index in [4.69, 9.17) is 23.2 Å². The van der Waals surface area contributed by atoms with Crippen LogP contribution in [0.4, 0.5) is 4.79 Å². The van der Waals surface area contributed by atoms with Gasteiger partial charge in [0.25, 0.3) is 5.91 Å². The van der Waals surface area contributed by atoms with Gasteiger partial charge >= 0.3 is 6.03 Å². The van der Waals surface area contributed by atoms with Crippen molar-refractivity contribution in [1.29, 1.82) is 0 Å². The van der Waals surface area contributed by atoms with Crippen molar-refractivity contribution in [2.75, 3.05) is 13.7 Å². The molecular formula is C23H21Cl2N3O2. The number of urea groups is 1. The Kier molecular flexibility index (Phi) is 5.45. The number of benzene rings is 3. The first-order chi connectivity index (χ1) is 14.3. The molecule has 0 saturated carbocycles. The maximum atomic E-state index is 13.2. The summed E-state index contributed by atoms with van der Waals surface area (Å²) in [6, 6.07) is 18.7. The molecule has 1 N–H and O–H groups in total. The number of nitrogens with zero attached hydrogens (tertiary/aromatic N) is 2. The molecule has 0 unspecified atom stereocenters. The van der Waals surface area contributed by atoms with Gasteiger partial charge < -0.3 is 5.32 Å². The second-order valence-corrected chi connectivity index (χ2v) is 8.57. The lowest BCUT2D eigenvalue weighted by atomic mass is 9.90. The maximum absolute atomic E-state index is 13.2. The van der Waals surface area contributed by atoms with Crippen molar-refractivity contribution in [3.05, 3.63) is 81.8 Å². The van der Waals surface area contributed by atoms with E-state index in [9.17, 15) is 9.59 Å². The summed E-state index contributed by atoms with van der Waals surface area (Å²) >= 11 is 12.0. The molecule has 5 nitrogen and oxygen atoms in total. The lowest BCUT2D eigenvalue weighted by Gasteiger charge is -2.25. The van der Waals surface area contributed by atoms with E-state index in [1.54, 1.807) is 19.1 Å². The van der Waals surface area contributed by atoms with Crippen molar-refractivity contribution in [2.45, 2.75) is 19.0 Å². The highest BCUT2D eigenvalue weighted by Crippen LogP contribution is 2.31. The largest absolute Gasteiger partial charge is 0.326 e. The van der Waals surface area contributed by atoms with Crippen LogP contribution in [-0.2, 0) is 16.9 Å². The highest BCUT2D eigenvalue weighted by Gasteiger charge is 2.49. The topological polar surface area (TPSA) is 52.6 Å². The summed E-state index contributed by atoms with van der Waals surface area (Å²) in [5, 5.41) is 5.94. The monoisotopic (exact) mass is 441 g/mol. The van der Waals surface area contributed by atoms with Gasteiger partial charge in [-0.15, -0.1) is 0 Å². The zero-order valence-electron chi connectivity index (χ0n) is 16.7. The Morgan fingerprint density at radius 1 is 0.967 bits per heavy atom. The molecule has 4 rings (SSSR count). The van der Waals surface area contributed by atoms with Crippen LogP contribution in [0.1, 0.15) is 18.1 Å². The second-order valence-electron chi connectivity index (χ2n) is 7.75. The minimum Gasteiger partial charge on any atom is -0.319 e. The first-order valence-corrected chi connectivity index (χ1v) is 10.3. The number of hydrogen-bond acceptors (Lipinski definition) is 3. The average molecular weight is 442 g/mol. The zero-order valence-corrected chi connectivity index (χ0v) is 18.2. The van der Waals surface area contributed by atoms with Crippen LogP contribution >= 0.6 is 23.2 Å². The van der Waals surface area contributed by atoms with E-state index >= 15 is 0 Å². The van der Waals surface area contributed by atoms with E-state index < -0.39 is 11.6 Å². The molecule has 0 aliphatic carbocycles. The SMILES string of the molecule is CN(Cc1ccc(Cl)c(Cl)c1)CN1C(=O)N[C@@](C)(c2ccc3ccccc3c2)C1=O. The number of fused-ring (bicyclic) bond motifs is 1. The van der Waals surface area contributed by atoms with Crippen LogP contribution in [0.15, 0.2) is 60.7 Å². The molecule has 3 amide bonds. The molecular weight excluding hydrogens is 421 g/mol. The minimum atomic E-state index is -1.11. The number of halogens is 2. The number of nitrogens with one attached hydrogen (secondary N) is 1. The molecule has 0 bridgehead atoms. The van der Waals surface area contributed by atoms with Crippen molar-refractivity contribution < 1.29 is 9.59 Å². The zero-order chi connectivity index (χ0) is 21.5. The van der Waals surface area contributed by atoms with E-state index in [0.29, 0.717) is 16.6 Å². The van der Waals surface area contributed by atoms with Crippen molar-refractivity contribution >= 4 is 45.9 Å². The van der Waals surface area contributed by atoms with Gasteiger partial charge in [0, 0.05) is 6.54 Å². The van der Waals surface area contributed by atoms with E-state index in [-0.39, 0.29) is 12.6 Å². The number of rotatable bonds is 5. The highest BCUT2D eigenvalue weighted by atomic mass is 35.5. The second kappa shape index (κ2) is 7.91. The number of carbonyl (C=O) groups excluding carboxylic acids is 2. The Morgan fingerprint density at radius 3 is 2.43 bits per heavy atom. The molecule has 154 valence electrons. The lowest BCUT2D eigenvalue weighted by Crippen LogP contribution is -2.42. The van der Waals surface area contributed by atoms with Gasteiger partial charge in [-0.25, -0.2) is 9.69 Å². The summed E-state index contributed by atoms with van der Waals surface area (Å²) in [5.74, 6) is -0.274. The lowest BCUT2D eigenvalue weighted by molar-refractivity contribution is -0.132. The van der Waals surface area contributed by atoms with Crippen LogP contribution in [0.3, 0.4) is 0 Å². The number of carbonyl (C=O) groups is 2. The van der Waals surface area contributed by atoms with Crippen LogP contribution < -0.4 is 5.32 Å². The third kappa shape index (κ3) is 3.76. The van der Waals surface area contributed by atoms with Gasteiger partial charge in [-0.2, -0.15) is 0 Å². The van der Waals surface area contributed by atoms with E-state index in [2.05, 4.69) is 5.32 Å². The molecule has 1 aliphatic heterocycles. The summed E-state index contributed by atoms with van der Waals surface area (Å²) in [5.41, 5.74) is 0.594. The third-order valence-corrected chi connectivity index (χ3v) is 6.16. The van der Waals surface area contributed by atoms with Crippen molar-refractivity contribution in [1.82, 2.24) is 15.1 Å². The van der Waals surface area contributed by atoms with Crippen molar-refractivity contribution in [3.8, 4) is 0 Å². The van der Waals surface area contributed by atoms with Crippen LogP contribution in [-0.4, -0.2) is 35.5 Å². The number of amides is 3. The summed E-state index contributed by atoms with van der Waals surface area (Å²) in [7, 11) is 1.84. The molecule has 0 spiro atoms. The third-order valence-electron chi connectivity index (χ3n) is 5.42. The first kappa shape index (κ1) is 20.7.